The number of anilines is 1. The number of hydrogen-bond donors (Lipinski definition) is 1. The average molecular weight is 545 g/mol. The minimum Gasteiger partial charge on any atom is -0.492 e. The van der Waals surface area contributed by atoms with E-state index in [4.69, 9.17) is 9.47 Å². The largest absolute Gasteiger partial charge is 0.492 e. The first kappa shape index (κ1) is 27.7. The van der Waals surface area contributed by atoms with Gasteiger partial charge in [0.25, 0.3) is 10.0 Å². The van der Waals surface area contributed by atoms with E-state index < -0.39 is 22.5 Å². The second-order valence-electron chi connectivity index (χ2n) is 9.26. The van der Waals surface area contributed by atoms with Gasteiger partial charge in [-0.15, -0.1) is 0 Å². The summed E-state index contributed by atoms with van der Waals surface area (Å²) in [5.41, 5.74) is 3.46. The molecule has 0 saturated carbocycles. The highest BCUT2D eigenvalue weighted by Gasteiger charge is 2.27. The Morgan fingerprint density at radius 1 is 0.744 bits per heavy atom. The molecule has 4 aromatic carbocycles. The minimum atomic E-state index is -4.02. The van der Waals surface area contributed by atoms with Crippen molar-refractivity contribution in [3.63, 3.8) is 0 Å². The molecule has 0 aromatic heterocycles. The van der Waals surface area contributed by atoms with Crippen molar-refractivity contribution in [2.45, 2.75) is 25.7 Å². The molecule has 4 aromatic rings. The number of aryl methyl sites for hydroxylation is 3. The number of carbonyl (C=O) groups excluding carboxylic acids is 1. The van der Waals surface area contributed by atoms with Gasteiger partial charge in [-0.3, -0.25) is 9.10 Å². The lowest BCUT2D eigenvalue weighted by Gasteiger charge is -2.24. The van der Waals surface area contributed by atoms with Crippen LogP contribution in [0.5, 0.6) is 17.2 Å². The zero-order valence-electron chi connectivity index (χ0n) is 22.3. The van der Waals surface area contributed by atoms with Crippen molar-refractivity contribution in [3.05, 3.63) is 114 Å². The summed E-state index contributed by atoms with van der Waals surface area (Å²) in [5, 5.41) is 2.76. The van der Waals surface area contributed by atoms with Gasteiger partial charge >= 0.3 is 0 Å². The number of carbonyl (C=O) groups is 1. The van der Waals surface area contributed by atoms with Gasteiger partial charge < -0.3 is 14.8 Å². The topological polar surface area (TPSA) is 84.9 Å². The molecule has 0 heterocycles. The van der Waals surface area contributed by atoms with E-state index in [1.807, 2.05) is 63.2 Å². The highest BCUT2D eigenvalue weighted by Crippen LogP contribution is 2.28. The molecule has 0 aliphatic carbocycles. The van der Waals surface area contributed by atoms with E-state index in [1.54, 1.807) is 48.5 Å². The number of rotatable bonds is 11. The number of hydrogen-bond acceptors (Lipinski definition) is 5. The van der Waals surface area contributed by atoms with Crippen molar-refractivity contribution in [1.82, 2.24) is 5.32 Å². The smallest absolute Gasteiger partial charge is 0.264 e. The first-order valence-corrected chi connectivity index (χ1v) is 14.0. The first-order valence-electron chi connectivity index (χ1n) is 12.6. The Labute approximate surface area is 230 Å². The number of nitrogens with zero attached hydrogens (tertiary/aromatic N) is 1. The van der Waals surface area contributed by atoms with Gasteiger partial charge in [0.2, 0.25) is 5.91 Å². The van der Waals surface area contributed by atoms with Crippen molar-refractivity contribution in [3.8, 4) is 17.2 Å². The molecule has 0 saturated heterocycles. The van der Waals surface area contributed by atoms with E-state index in [0.717, 1.165) is 26.7 Å². The fourth-order valence-electron chi connectivity index (χ4n) is 4.02. The molecule has 0 radical (unpaired) electrons. The number of ether oxygens (including phenoxy) is 2. The van der Waals surface area contributed by atoms with Crippen molar-refractivity contribution in [1.29, 1.82) is 0 Å². The third-order valence-corrected chi connectivity index (χ3v) is 7.68. The SMILES string of the molecule is Cc1ccc(S(=O)(=O)N(CC(=O)NCCOc2cc(C)cc(C)c2)c2ccc(Oc3ccccc3)cc2)cc1. The number of benzene rings is 4. The fourth-order valence-corrected chi connectivity index (χ4v) is 5.44. The molecule has 1 N–H and O–H groups in total. The van der Waals surface area contributed by atoms with Gasteiger partial charge in [0, 0.05) is 0 Å². The number of para-hydroxylation sites is 1. The van der Waals surface area contributed by atoms with Crippen LogP contribution < -0.4 is 19.1 Å². The molecule has 0 unspecified atom stereocenters. The maximum absolute atomic E-state index is 13.6. The van der Waals surface area contributed by atoms with Crippen LogP contribution >= 0.6 is 0 Å². The summed E-state index contributed by atoms with van der Waals surface area (Å²) < 4.78 is 39.9. The highest BCUT2D eigenvalue weighted by atomic mass is 32.2. The van der Waals surface area contributed by atoms with Crippen molar-refractivity contribution >= 4 is 21.6 Å². The van der Waals surface area contributed by atoms with Crippen LogP contribution in [0.15, 0.2) is 102 Å². The van der Waals surface area contributed by atoms with E-state index in [0.29, 0.717) is 17.2 Å². The van der Waals surface area contributed by atoms with Crippen LogP contribution in [0.25, 0.3) is 0 Å². The maximum atomic E-state index is 13.6. The Bertz CT molecular complexity index is 1480. The summed E-state index contributed by atoms with van der Waals surface area (Å²) in [7, 11) is -4.02. The summed E-state index contributed by atoms with van der Waals surface area (Å²) >= 11 is 0. The molecule has 0 bridgehead atoms. The molecule has 39 heavy (non-hydrogen) atoms. The Balaban J connectivity index is 1.47. The van der Waals surface area contributed by atoms with E-state index >= 15 is 0 Å². The predicted octanol–water partition coefficient (Wildman–Crippen LogP) is 5.79. The monoisotopic (exact) mass is 544 g/mol. The lowest BCUT2D eigenvalue weighted by atomic mass is 10.1. The Hall–Kier alpha value is -4.30. The Morgan fingerprint density at radius 3 is 2.00 bits per heavy atom. The molecule has 0 aliphatic heterocycles. The number of sulfonamides is 1. The van der Waals surface area contributed by atoms with Crippen LogP contribution in [0.2, 0.25) is 0 Å². The quantitative estimate of drug-likeness (QED) is 0.242. The summed E-state index contributed by atoms with van der Waals surface area (Å²) in [6.45, 7) is 5.96. The van der Waals surface area contributed by atoms with Crippen LogP contribution in [0.1, 0.15) is 16.7 Å². The lowest BCUT2D eigenvalue weighted by Crippen LogP contribution is -2.41. The van der Waals surface area contributed by atoms with E-state index in [9.17, 15) is 13.2 Å². The fraction of sp³-hybridized carbons (Fsp3) is 0.194. The van der Waals surface area contributed by atoms with Gasteiger partial charge in [-0.1, -0.05) is 42.0 Å². The molecular formula is C31H32N2O5S. The number of nitrogens with one attached hydrogen (secondary N) is 1. The van der Waals surface area contributed by atoms with Crippen molar-refractivity contribution in [2.75, 3.05) is 24.0 Å². The molecule has 1 amide bonds. The average Bonchev–Trinajstić information content (AvgIpc) is 2.91. The van der Waals surface area contributed by atoms with Crippen molar-refractivity contribution in [2.24, 2.45) is 0 Å². The zero-order chi connectivity index (χ0) is 27.8. The van der Waals surface area contributed by atoms with Gasteiger partial charge in [0.1, 0.15) is 30.4 Å². The molecule has 202 valence electrons. The second kappa shape index (κ2) is 12.5. The van der Waals surface area contributed by atoms with Crippen LogP contribution in [-0.4, -0.2) is 34.0 Å². The number of amides is 1. The van der Waals surface area contributed by atoms with Gasteiger partial charge in [-0.25, -0.2) is 8.42 Å². The van der Waals surface area contributed by atoms with Crippen LogP contribution in [0, 0.1) is 20.8 Å². The molecule has 7 nitrogen and oxygen atoms in total. The normalized spacial score (nSPS) is 11.1. The molecule has 0 atom stereocenters. The van der Waals surface area contributed by atoms with Crippen LogP contribution in [0.4, 0.5) is 5.69 Å². The molecule has 0 fully saturated rings. The van der Waals surface area contributed by atoms with E-state index in [2.05, 4.69) is 11.4 Å². The summed E-state index contributed by atoms with van der Waals surface area (Å²) in [5.74, 6) is 1.49. The molecule has 8 heteroatoms. The minimum absolute atomic E-state index is 0.101. The Morgan fingerprint density at radius 2 is 1.36 bits per heavy atom. The standard InChI is InChI=1S/C31H32N2O5S/c1-23-9-15-30(16-10-23)39(35,36)33(26-11-13-28(14-12-26)38-27-7-5-4-6-8-27)22-31(34)32-17-18-37-29-20-24(2)19-25(3)21-29/h4-16,19-21H,17-18,22H2,1-3H3,(H,32,34). The van der Waals surface area contributed by atoms with Gasteiger partial charge in [-0.2, -0.15) is 0 Å². The van der Waals surface area contributed by atoms with E-state index in [-0.39, 0.29) is 18.0 Å². The predicted molar refractivity (Wildman–Crippen MR) is 153 cm³/mol. The maximum Gasteiger partial charge on any atom is 0.264 e. The van der Waals surface area contributed by atoms with Gasteiger partial charge in [0.15, 0.2) is 0 Å². The molecule has 0 spiro atoms. The van der Waals surface area contributed by atoms with Crippen molar-refractivity contribution < 1.29 is 22.7 Å². The first-order chi connectivity index (χ1) is 18.7. The second-order valence-corrected chi connectivity index (χ2v) is 11.1. The van der Waals surface area contributed by atoms with Crippen LogP contribution in [-0.2, 0) is 14.8 Å². The molecule has 4 rings (SSSR count). The summed E-state index contributed by atoms with van der Waals surface area (Å²) in [4.78, 5) is 13.0. The third-order valence-electron chi connectivity index (χ3n) is 5.89. The Kier molecular flexibility index (Phi) is 8.88. The summed E-state index contributed by atoms with van der Waals surface area (Å²) in [6, 6.07) is 28.3. The molecule has 0 aliphatic rings. The highest BCUT2D eigenvalue weighted by molar-refractivity contribution is 7.92. The van der Waals surface area contributed by atoms with Gasteiger partial charge in [-0.05, 0) is 92.6 Å². The van der Waals surface area contributed by atoms with E-state index in [1.165, 1.54) is 0 Å². The van der Waals surface area contributed by atoms with Crippen LogP contribution in [0.3, 0.4) is 0 Å². The molecular weight excluding hydrogens is 512 g/mol. The zero-order valence-corrected chi connectivity index (χ0v) is 23.1. The summed E-state index contributed by atoms with van der Waals surface area (Å²) in [6.07, 6.45) is 0. The van der Waals surface area contributed by atoms with Gasteiger partial charge in [0.05, 0.1) is 17.1 Å². The lowest BCUT2D eigenvalue weighted by molar-refractivity contribution is -0.119. The third kappa shape index (κ3) is 7.61.